The Bertz CT molecular complexity index is 130. The number of carbonyl (C=O) groups excluding carboxylic acids is 2. The Hall–Kier alpha value is -0.280. The number of carbonyl (C=O) groups is 2. The third kappa shape index (κ3) is 7.72. The molecule has 6 heteroatoms. The van der Waals surface area contributed by atoms with Crippen molar-refractivity contribution in [1.82, 2.24) is 10.9 Å². The van der Waals surface area contributed by atoms with Crippen LogP contribution in [0.5, 0.6) is 0 Å². The summed E-state index contributed by atoms with van der Waals surface area (Å²) in [7, 11) is 1.85. The van der Waals surface area contributed by atoms with E-state index < -0.39 is 0 Å². The summed E-state index contributed by atoms with van der Waals surface area (Å²) in [5.74, 6) is -0.278. The number of amides is 2. The van der Waals surface area contributed by atoms with Crippen LogP contribution < -0.4 is 10.9 Å². The summed E-state index contributed by atoms with van der Waals surface area (Å²) >= 11 is 3.65. The number of thiol groups is 1. The first-order chi connectivity index (χ1) is 4.16. The lowest BCUT2D eigenvalue weighted by Crippen LogP contribution is -2.39. The molecule has 0 saturated heterocycles. The molecule has 0 aromatic rings. The van der Waals surface area contributed by atoms with Crippen LogP contribution in [-0.4, -0.2) is 17.3 Å². The molecule has 0 aliphatic rings. The first kappa shape index (κ1) is 12.4. The van der Waals surface area contributed by atoms with Gasteiger partial charge in [-0.25, -0.2) is 0 Å². The van der Waals surface area contributed by atoms with Gasteiger partial charge in [0.05, 0.1) is 5.75 Å². The van der Waals surface area contributed by atoms with E-state index in [1.54, 1.807) is 0 Å². The fraction of sp³-hybridized carbons (Fsp3) is 0.500. The third-order valence-electron chi connectivity index (χ3n) is 0.469. The summed E-state index contributed by atoms with van der Waals surface area (Å²) in [5.41, 5.74) is 3.78. The van der Waals surface area contributed by atoms with Gasteiger partial charge in [-0.1, -0.05) is 7.43 Å². The molecule has 0 spiro atoms. The highest BCUT2D eigenvalue weighted by molar-refractivity contribution is 7.81. The van der Waals surface area contributed by atoms with E-state index in [2.05, 4.69) is 23.5 Å². The molecule has 0 rings (SSSR count). The predicted molar refractivity (Wildman–Crippen MR) is 47.0 cm³/mol. The average Bonchev–Trinajstić information content (AvgIpc) is 1.83. The molecule has 10 heavy (non-hydrogen) atoms. The summed E-state index contributed by atoms with van der Waals surface area (Å²) in [5, 5.41) is 0. The monoisotopic (exact) mass is 182 g/mol. The van der Waals surface area contributed by atoms with Crippen molar-refractivity contribution < 1.29 is 9.59 Å². The largest absolute Gasteiger partial charge is 0.272 e. The van der Waals surface area contributed by atoms with Gasteiger partial charge < -0.3 is 0 Å². The van der Waals surface area contributed by atoms with Crippen molar-refractivity contribution in [3.63, 3.8) is 0 Å². The number of hydrazine groups is 1. The zero-order valence-corrected chi connectivity index (χ0v) is 6.60. The quantitative estimate of drug-likeness (QED) is 0.307. The number of hydrogen-bond donors (Lipinski definition) is 3. The van der Waals surface area contributed by atoms with E-state index in [-0.39, 0.29) is 24.7 Å². The fourth-order valence-electron chi connectivity index (χ4n) is 0.171. The maximum Gasteiger partial charge on any atom is 0.253 e. The molecular weight excluding hydrogens is 171 g/mol. The van der Waals surface area contributed by atoms with E-state index >= 15 is 0 Å². The first-order valence-corrected chi connectivity index (χ1v) is 3.33. The summed E-state index contributed by atoms with van der Waals surface area (Å²) in [6.45, 7) is 0. The highest BCUT2D eigenvalue weighted by Crippen LogP contribution is 1.78. The smallest absolute Gasteiger partial charge is 0.253 e. The van der Waals surface area contributed by atoms with Gasteiger partial charge in [0.15, 0.2) is 0 Å². The average molecular weight is 182 g/mol. The van der Waals surface area contributed by atoms with Crippen molar-refractivity contribution in [2.75, 3.05) is 5.75 Å². The number of nitrogens with one attached hydrogen (secondary N) is 2. The normalized spacial score (nSPS) is 7.40. The van der Waals surface area contributed by atoms with E-state index in [0.717, 1.165) is 0 Å². The van der Waals surface area contributed by atoms with Crippen LogP contribution in [0.4, 0.5) is 4.79 Å². The second-order valence-electron chi connectivity index (χ2n) is 1.20. The lowest BCUT2D eigenvalue weighted by atomic mass is 10.7. The Morgan fingerprint density at radius 3 is 2.20 bits per heavy atom. The van der Waals surface area contributed by atoms with Gasteiger partial charge in [-0.3, -0.25) is 20.4 Å². The molecular formula is C4H11N2O2PS. The zero-order valence-electron chi connectivity index (χ0n) is 4.55. The molecule has 0 bridgehead atoms. The van der Waals surface area contributed by atoms with Crippen LogP contribution in [0.1, 0.15) is 7.43 Å². The SMILES string of the molecule is C.O=C(P)NNC(=O)CS. The molecule has 0 radical (unpaired) electrons. The van der Waals surface area contributed by atoms with Crippen LogP contribution in [0.2, 0.25) is 0 Å². The van der Waals surface area contributed by atoms with Crippen LogP contribution >= 0.6 is 21.9 Å². The minimum atomic E-state index is -0.384. The van der Waals surface area contributed by atoms with Gasteiger partial charge in [-0.05, 0) is 9.24 Å². The minimum absolute atomic E-state index is 0. The zero-order chi connectivity index (χ0) is 7.28. The maximum atomic E-state index is 10.3. The van der Waals surface area contributed by atoms with Crippen molar-refractivity contribution in [3.8, 4) is 0 Å². The Balaban J connectivity index is 0. The van der Waals surface area contributed by atoms with E-state index in [9.17, 15) is 9.59 Å². The predicted octanol–water partition coefficient (Wildman–Crippen LogP) is 0.168. The molecule has 0 heterocycles. The van der Waals surface area contributed by atoms with Crippen molar-refractivity contribution in [2.45, 2.75) is 7.43 Å². The first-order valence-electron chi connectivity index (χ1n) is 2.12. The Morgan fingerprint density at radius 2 is 1.90 bits per heavy atom. The molecule has 0 fully saturated rings. The maximum absolute atomic E-state index is 10.3. The highest BCUT2D eigenvalue weighted by Gasteiger charge is 1.94. The Kier molecular flexibility index (Phi) is 8.48. The van der Waals surface area contributed by atoms with Gasteiger partial charge in [0.2, 0.25) is 5.91 Å². The third-order valence-corrected chi connectivity index (χ3v) is 0.900. The van der Waals surface area contributed by atoms with Crippen molar-refractivity contribution in [1.29, 1.82) is 0 Å². The van der Waals surface area contributed by atoms with E-state index in [4.69, 9.17) is 0 Å². The fourth-order valence-corrected chi connectivity index (χ4v) is 0.322. The second-order valence-corrected chi connectivity index (χ2v) is 2.04. The van der Waals surface area contributed by atoms with Gasteiger partial charge in [0.25, 0.3) is 5.65 Å². The molecule has 2 N–H and O–H groups in total. The lowest BCUT2D eigenvalue weighted by molar-refractivity contribution is -0.119. The Morgan fingerprint density at radius 1 is 1.40 bits per heavy atom. The van der Waals surface area contributed by atoms with Crippen LogP contribution in [0, 0.1) is 0 Å². The van der Waals surface area contributed by atoms with Crippen molar-refractivity contribution >= 4 is 33.4 Å². The molecule has 0 aliphatic heterocycles. The standard InChI is InChI=1S/C3H7N2O2PS.CH4/c6-2(1-9)4-5-3(7)8;/h9H,1,8H2,(H,4,6)(H,5,7);1H4. The minimum Gasteiger partial charge on any atom is -0.272 e. The van der Waals surface area contributed by atoms with Crippen LogP contribution in [0.25, 0.3) is 0 Å². The molecule has 1 unspecified atom stereocenters. The van der Waals surface area contributed by atoms with Gasteiger partial charge in [-0.2, -0.15) is 12.6 Å². The summed E-state index contributed by atoms with van der Waals surface area (Å²) in [4.78, 5) is 20.4. The molecule has 4 nitrogen and oxygen atoms in total. The number of rotatable bonds is 1. The van der Waals surface area contributed by atoms with Gasteiger partial charge in [0, 0.05) is 0 Å². The summed E-state index contributed by atoms with van der Waals surface area (Å²) in [6.07, 6.45) is 0. The van der Waals surface area contributed by atoms with Crippen LogP contribution in [-0.2, 0) is 4.79 Å². The van der Waals surface area contributed by atoms with Crippen LogP contribution in [0.15, 0.2) is 0 Å². The lowest BCUT2D eigenvalue weighted by Gasteiger charge is -2.00. The Labute approximate surface area is 67.7 Å². The molecule has 0 aliphatic carbocycles. The molecule has 0 saturated carbocycles. The molecule has 0 aromatic carbocycles. The van der Waals surface area contributed by atoms with Gasteiger partial charge in [0.1, 0.15) is 0 Å². The highest BCUT2D eigenvalue weighted by atomic mass is 32.1. The van der Waals surface area contributed by atoms with Gasteiger partial charge >= 0.3 is 0 Å². The van der Waals surface area contributed by atoms with Crippen molar-refractivity contribution in [3.05, 3.63) is 0 Å². The van der Waals surface area contributed by atoms with Crippen molar-refractivity contribution in [2.24, 2.45) is 0 Å². The second kappa shape index (κ2) is 6.83. The molecule has 0 aromatic heterocycles. The van der Waals surface area contributed by atoms with E-state index in [1.807, 2.05) is 9.24 Å². The summed E-state index contributed by atoms with van der Waals surface area (Å²) in [6, 6.07) is 0. The molecule has 1 atom stereocenters. The van der Waals surface area contributed by atoms with Gasteiger partial charge in [-0.15, -0.1) is 0 Å². The molecule has 2 amide bonds. The topological polar surface area (TPSA) is 58.2 Å². The molecule has 60 valence electrons. The van der Waals surface area contributed by atoms with E-state index in [1.165, 1.54) is 0 Å². The van der Waals surface area contributed by atoms with Crippen LogP contribution in [0.3, 0.4) is 0 Å². The summed E-state index contributed by atoms with van der Waals surface area (Å²) < 4.78 is 0. The number of hydrogen-bond acceptors (Lipinski definition) is 3. The van der Waals surface area contributed by atoms with E-state index in [0.29, 0.717) is 0 Å².